The molecule has 5 nitrogen and oxygen atoms in total. The number of anilines is 1. The van der Waals surface area contributed by atoms with Gasteiger partial charge < -0.3 is 5.11 Å². The van der Waals surface area contributed by atoms with Crippen molar-refractivity contribution < 1.29 is 14.7 Å². The fourth-order valence-corrected chi connectivity index (χ4v) is 5.29. The summed E-state index contributed by atoms with van der Waals surface area (Å²) in [6.45, 7) is 3.81. The van der Waals surface area contributed by atoms with E-state index in [1.54, 1.807) is 17.5 Å². The minimum absolute atomic E-state index is 0.116. The fraction of sp³-hybridized carbons (Fsp3) is 0.167. The molecule has 0 spiro atoms. The number of aryl methyl sites for hydroxylation is 2. The molecule has 26 heavy (non-hydrogen) atoms. The molecule has 1 aliphatic rings. The standard InChI is InChI=1S/C18H14N2O3S3/c1-9-10(2)26-18(19-9)20-14(11-5-3-7-24-11)13(16(22)17(20)23)15(21)12-6-4-8-25-12/h3-8,14,22H,1-2H3/t14-/m1/s1. The van der Waals surface area contributed by atoms with Crippen LogP contribution in [0.1, 0.15) is 31.2 Å². The number of ketones is 1. The number of carbonyl (C=O) groups excluding carboxylic acids is 2. The zero-order valence-corrected chi connectivity index (χ0v) is 16.4. The maximum atomic E-state index is 13.0. The maximum Gasteiger partial charge on any atom is 0.296 e. The molecule has 0 unspecified atom stereocenters. The second-order valence-corrected chi connectivity index (χ2v) is 8.91. The fourth-order valence-electron chi connectivity index (χ4n) is 2.85. The molecule has 8 heteroatoms. The minimum Gasteiger partial charge on any atom is -0.503 e. The van der Waals surface area contributed by atoms with E-state index < -0.39 is 17.7 Å². The SMILES string of the molecule is Cc1nc(N2C(=O)C(O)=C(C(=O)c3cccs3)[C@H]2c2cccs2)sc1C. The molecular weight excluding hydrogens is 388 g/mol. The first-order valence-corrected chi connectivity index (χ1v) is 10.4. The lowest BCUT2D eigenvalue weighted by Gasteiger charge is -2.22. The number of aliphatic hydroxyl groups excluding tert-OH is 1. The highest BCUT2D eigenvalue weighted by Gasteiger charge is 2.46. The van der Waals surface area contributed by atoms with Crippen molar-refractivity contribution in [3.63, 3.8) is 0 Å². The van der Waals surface area contributed by atoms with E-state index in [1.807, 2.05) is 31.4 Å². The first-order valence-electron chi connectivity index (χ1n) is 7.81. The van der Waals surface area contributed by atoms with Crippen LogP contribution in [0.5, 0.6) is 0 Å². The average molecular weight is 403 g/mol. The summed E-state index contributed by atoms with van der Waals surface area (Å²) in [4.78, 5) is 34.1. The van der Waals surface area contributed by atoms with Crippen molar-refractivity contribution in [1.82, 2.24) is 4.98 Å². The van der Waals surface area contributed by atoms with Gasteiger partial charge in [0.15, 0.2) is 10.9 Å². The van der Waals surface area contributed by atoms with Crippen LogP contribution in [0.3, 0.4) is 0 Å². The molecule has 1 amide bonds. The minimum atomic E-state index is -0.665. The van der Waals surface area contributed by atoms with Gasteiger partial charge in [-0.25, -0.2) is 4.98 Å². The van der Waals surface area contributed by atoms with Crippen LogP contribution in [-0.4, -0.2) is 21.8 Å². The Kier molecular flexibility index (Phi) is 4.26. The molecule has 3 aromatic heterocycles. The Morgan fingerprint density at radius 3 is 2.50 bits per heavy atom. The highest BCUT2D eigenvalue weighted by Crippen LogP contribution is 2.44. The maximum absolute atomic E-state index is 13.0. The Morgan fingerprint density at radius 2 is 1.92 bits per heavy atom. The molecule has 0 saturated heterocycles. The monoisotopic (exact) mass is 402 g/mol. The molecule has 1 atom stereocenters. The van der Waals surface area contributed by atoms with Gasteiger partial charge in [0.05, 0.1) is 16.1 Å². The van der Waals surface area contributed by atoms with Crippen molar-refractivity contribution in [3.8, 4) is 0 Å². The van der Waals surface area contributed by atoms with Gasteiger partial charge in [-0.3, -0.25) is 14.5 Å². The number of hydrogen-bond acceptors (Lipinski definition) is 7. The molecule has 0 aromatic carbocycles. The molecule has 4 heterocycles. The number of carbonyl (C=O) groups is 2. The van der Waals surface area contributed by atoms with Crippen LogP contribution in [0.25, 0.3) is 0 Å². The highest BCUT2D eigenvalue weighted by molar-refractivity contribution is 7.16. The van der Waals surface area contributed by atoms with Crippen LogP contribution in [0.4, 0.5) is 5.13 Å². The predicted molar refractivity (Wildman–Crippen MR) is 104 cm³/mol. The molecule has 3 aromatic rings. The first-order chi connectivity index (χ1) is 12.5. The van der Waals surface area contributed by atoms with Crippen molar-refractivity contribution >= 4 is 50.8 Å². The third kappa shape index (κ3) is 2.61. The summed E-state index contributed by atoms with van der Waals surface area (Å²) in [6.07, 6.45) is 0. The molecule has 0 bridgehead atoms. The number of thiophene rings is 2. The third-order valence-corrected chi connectivity index (χ3v) is 7.10. The molecule has 132 valence electrons. The van der Waals surface area contributed by atoms with E-state index in [2.05, 4.69) is 4.98 Å². The first kappa shape index (κ1) is 17.1. The summed E-state index contributed by atoms with van der Waals surface area (Å²) in [7, 11) is 0. The Bertz CT molecular complexity index is 997. The Morgan fingerprint density at radius 1 is 1.19 bits per heavy atom. The topological polar surface area (TPSA) is 70.5 Å². The summed E-state index contributed by atoms with van der Waals surface area (Å²) in [5.41, 5.74) is 0.950. The summed E-state index contributed by atoms with van der Waals surface area (Å²) in [5.74, 6) is -1.40. The zero-order chi connectivity index (χ0) is 18.4. The normalized spacial score (nSPS) is 17.4. The van der Waals surface area contributed by atoms with Crippen LogP contribution in [0.15, 0.2) is 46.4 Å². The number of rotatable bonds is 4. The van der Waals surface area contributed by atoms with Gasteiger partial charge in [-0.1, -0.05) is 12.1 Å². The lowest BCUT2D eigenvalue weighted by Crippen LogP contribution is -2.30. The van der Waals surface area contributed by atoms with Crippen LogP contribution >= 0.6 is 34.0 Å². The van der Waals surface area contributed by atoms with Gasteiger partial charge in [0.1, 0.15) is 6.04 Å². The van der Waals surface area contributed by atoms with Crippen molar-refractivity contribution in [2.24, 2.45) is 0 Å². The van der Waals surface area contributed by atoms with Crippen LogP contribution < -0.4 is 4.90 Å². The Balaban J connectivity index is 1.87. The van der Waals surface area contributed by atoms with E-state index in [9.17, 15) is 14.7 Å². The number of hydrogen-bond donors (Lipinski definition) is 1. The van der Waals surface area contributed by atoms with Crippen LogP contribution in [0, 0.1) is 13.8 Å². The third-order valence-electron chi connectivity index (χ3n) is 4.23. The van der Waals surface area contributed by atoms with Gasteiger partial charge in [-0.2, -0.15) is 0 Å². The number of aliphatic hydroxyl groups is 1. The zero-order valence-electron chi connectivity index (χ0n) is 13.9. The summed E-state index contributed by atoms with van der Waals surface area (Å²) < 4.78 is 0. The summed E-state index contributed by atoms with van der Waals surface area (Å²) >= 11 is 4.11. The predicted octanol–water partition coefficient (Wildman–Crippen LogP) is 4.67. The average Bonchev–Trinajstić information content (AvgIpc) is 3.38. The number of Topliss-reactive ketones (excluding diaryl/α,β-unsaturated/α-hetero) is 1. The quantitative estimate of drug-likeness (QED) is 0.644. The van der Waals surface area contributed by atoms with Gasteiger partial charge in [0, 0.05) is 9.75 Å². The molecule has 1 aliphatic heterocycles. The Labute approximate surface area is 161 Å². The van der Waals surface area contributed by atoms with Gasteiger partial charge >= 0.3 is 0 Å². The highest BCUT2D eigenvalue weighted by atomic mass is 32.1. The molecule has 1 N–H and O–H groups in total. The van der Waals surface area contributed by atoms with Gasteiger partial charge in [-0.15, -0.1) is 34.0 Å². The molecule has 0 radical (unpaired) electrons. The van der Waals surface area contributed by atoms with E-state index in [0.717, 1.165) is 15.4 Å². The van der Waals surface area contributed by atoms with E-state index in [-0.39, 0.29) is 11.4 Å². The van der Waals surface area contributed by atoms with Crippen molar-refractivity contribution in [1.29, 1.82) is 0 Å². The van der Waals surface area contributed by atoms with Gasteiger partial charge in [0.25, 0.3) is 5.91 Å². The summed E-state index contributed by atoms with van der Waals surface area (Å²) in [6, 6.07) is 6.54. The van der Waals surface area contributed by atoms with E-state index in [4.69, 9.17) is 0 Å². The number of nitrogens with zero attached hydrogens (tertiary/aromatic N) is 2. The van der Waals surface area contributed by atoms with Crippen molar-refractivity contribution in [2.45, 2.75) is 19.9 Å². The second-order valence-electron chi connectivity index (χ2n) is 5.80. The molecular formula is C18H14N2O3S3. The Hall–Kier alpha value is -2.29. The van der Waals surface area contributed by atoms with E-state index >= 15 is 0 Å². The van der Waals surface area contributed by atoms with E-state index in [0.29, 0.717) is 10.0 Å². The van der Waals surface area contributed by atoms with Crippen LogP contribution in [-0.2, 0) is 4.79 Å². The van der Waals surface area contributed by atoms with E-state index in [1.165, 1.54) is 38.9 Å². The number of aromatic nitrogens is 1. The van der Waals surface area contributed by atoms with Crippen molar-refractivity contribution in [3.05, 3.63) is 66.7 Å². The van der Waals surface area contributed by atoms with Gasteiger partial charge in [-0.05, 0) is 36.7 Å². The molecule has 0 fully saturated rings. The molecule has 0 saturated carbocycles. The largest absolute Gasteiger partial charge is 0.503 e. The second kappa shape index (κ2) is 6.46. The van der Waals surface area contributed by atoms with Gasteiger partial charge in [0.2, 0.25) is 5.78 Å². The number of thiazole rings is 1. The van der Waals surface area contributed by atoms with Crippen molar-refractivity contribution in [2.75, 3.05) is 4.90 Å². The molecule has 0 aliphatic carbocycles. The lowest BCUT2D eigenvalue weighted by atomic mass is 10.0. The lowest BCUT2D eigenvalue weighted by molar-refractivity contribution is -0.117. The molecule has 4 rings (SSSR count). The number of amides is 1. The van der Waals surface area contributed by atoms with Crippen LogP contribution in [0.2, 0.25) is 0 Å². The summed E-state index contributed by atoms with van der Waals surface area (Å²) in [5, 5.41) is 14.7. The smallest absolute Gasteiger partial charge is 0.296 e.